The van der Waals surface area contributed by atoms with Crippen LogP contribution in [0.4, 0.5) is 0 Å². The monoisotopic (exact) mass is 197 g/mol. The average Bonchev–Trinajstić information content (AvgIpc) is 2.60. The molecule has 0 atom stereocenters. The molecule has 0 amide bonds. The van der Waals surface area contributed by atoms with Crippen LogP contribution in [0.5, 0.6) is 5.75 Å². The number of aryl methyl sites for hydroxylation is 1. The quantitative estimate of drug-likeness (QED) is 0.690. The molecule has 0 saturated carbocycles. The van der Waals surface area contributed by atoms with Crippen LogP contribution >= 0.6 is 0 Å². The number of ketones is 1. The van der Waals surface area contributed by atoms with Gasteiger partial charge in [0.2, 0.25) is 0 Å². The predicted molar refractivity (Wildman–Crippen MR) is 52.7 cm³/mol. The van der Waals surface area contributed by atoms with Crippen molar-refractivity contribution in [3.05, 3.63) is 11.9 Å². The smallest absolute Gasteiger partial charge is 0.198 e. The number of aromatic nitrogens is 2. The maximum absolute atomic E-state index is 11.7. The maximum Gasteiger partial charge on any atom is 0.198 e. The summed E-state index contributed by atoms with van der Waals surface area (Å²) in [6.45, 7) is 2.89. The molecule has 0 radical (unpaired) electrons. The lowest BCUT2D eigenvalue weighted by Gasteiger charge is -2.05. The van der Waals surface area contributed by atoms with Gasteiger partial charge in [0.25, 0.3) is 0 Å². The lowest BCUT2D eigenvalue weighted by Crippen LogP contribution is -2.22. The Kier molecular flexibility index (Phi) is 3.64. The van der Waals surface area contributed by atoms with Gasteiger partial charge in [-0.2, -0.15) is 5.10 Å². The maximum atomic E-state index is 11.7. The van der Waals surface area contributed by atoms with Gasteiger partial charge < -0.3 is 10.1 Å². The fraction of sp³-hybridized carbons (Fsp3) is 0.556. The van der Waals surface area contributed by atoms with E-state index in [1.54, 1.807) is 17.9 Å². The minimum atomic E-state index is -0.0105. The van der Waals surface area contributed by atoms with E-state index in [9.17, 15) is 4.79 Å². The number of methoxy groups -OCH3 is 1. The van der Waals surface area contributed by atoms with Crippen molar-refractivity contribution in [1.29, 1.82) is 0 Å². The van der Waals surface area contributed by atoms with Crippen LogP contribution < -0.4 is 10.1 Å². The fourth-order valence-electron chi connectivity index (χ4n) is 1.28. The molecule has 0 aliphatic carbocycles. The van der Waals surface area contributed by atoms with Crippen molar-refractivity contribution in [3.63, 3.8) is 0 Å². The summed E-state index contributed by atoms with van der Waals surface area (Å²) >= 11 is 0. The number of hydrogen-bond acceptors (Lipinski definition) is 4. The van der Waals surface area contributed by atoms with E-state index in [4.69, 9.17) is 4.74 Å². The number of hydrogen-bond donors (Lipinski definition) is 1. The number of carbonyl (C=O) groups excluding carboxylic acids is 1. The highest BCUT2D eigenvalue weighted by Crippen LogP contribution is 2.17. The van der Waals surface area contributed by atoms with Crippen LogP contribution in [0.2, 0.25) is 0 Å². The Morgan fingerprint density at radius 3 is 2.93 bits per heavy atom. The predicted octanol–water partition coefficient (Wildman–Crippen LogP) is 0.314. The minimum absolute atomic E-state index is 0.0105. The molecule has 5 nitrogen and oxygen atoms in total. The SMILES string of the molecule is CCn1ncc(OC)c1C(=O)CNC. The zero-order valence-electron chi connectivity index (χ0n) is 8.70. The van der Waals surface area contributed by atoms with E-state index >= 15 is 0 Å². The number of carbonyl (C=O) groups is 1. The van der Waals surface area contributed by atoms with Crippen LogP contribution in [0.3, 0.4) is 0 Å². The van der Waals surface area contributed by atoms with Crippen molar-refractivity contribution < 1.29 is 9.53 Å². The molecular weight excluding hydrogens is 182 g/mol. The largest absolute Gasteiger partial charge is 0.493 e. The third-order valence-corrected chi connectivity index (χ3v) is 1.93. The highest BCUT2D eigenvalue weighted by Gasteiger charge is 2.17. The van der Waals surface area contributed by atoms with E-state index < -0.39 is 0 Å². The van der Waals surface area contributed by atoms with Gasteiger partial charge in [-0.15, -0.1) is 0 Å². The number of likely N-dealkylation sites (N-methyl/N-ethyl adjacent to an activating group) is 1. The molecule has 1 heterocycles. The molecule has 1 rings (SSSR count). The highest BCUT2D eigenvalue weighted by atomic mass is 16.5. The molecule has 14 heavy (non-hydrogen) atoms. The Morgan fingerprint density at radius 2 is 2.43 bits per heavy atom. The molecular formula is C9H15N3O2. The Bertz CT molecular complexity index is 298. The minimum Gasteiger partial charge on any atom is -0.493 e. The van der Waals surface area contributed by atoms with E-state index in [1.165, 1.54) is 7.11 Å². The second-order valence-electron chi connectivity index (χ2n) is 2.83. The molecule has 0 bridgehead atoms. The fourth-order valence-corrected chi connectivity index (χ4v) is 1.28. The van der Waals surface area contributed by atoms with Crippen LogP contribution in [0.25, 0.3) is 0 Å². The van der Waals surface area contributed by atoms with E-state index in [0.29, 0.717) is 24.5 Å². The van der Waals surface area contributed by atoms with Crippen molar-refractivity contribution >= 4 is 5.78 Å². The molecule has 0 fully saturated rings. The third-order valence-electron chi connectivity index (χ3n) is 1.93. The van der Waals surface area contributed by atoms with E-state index in [-0.39, 0.29) is 5.78 Å². The van der Waals surface area contributed by atoms with Gasteiger partial charge in [-0.05, 0) is 14.0 Å². The van der Waals surface area contributed by atoms with Crippen LogP contribution in [-0.4, -0.2) is 36.3 Å². The number of Topliss-reactive ketones (excluding diaryl/α,β-unsaturated/α-hetero) is 1. The van der Waals surface area contributed by atoms with Gasteiger partial charge in [-0.1, -0.05) is 0 Å². The first kappa shape index (κ1) is 10.7. The normalized spacial score (nSPS) is 10.2. The summed E-state index contributed by atoms with van der Waals surface area (Å²) in [5.74, 6) is 0.524. The summed E-state index contributed by atoms with van der Waals surface area (Å²) in [7, 11) is 3.27. The van der Waals surface area contributed by atoms with Gasteiger partial charge in [0, 0.05) is 6.54 Å². The molecule has 0 spiro atoms. The lowest BCUT2D eigenvalue weighted by atomic mass is 10.2. The Hall–Kier alpha value is -1.36. The topological polar surface area (TPSA) is 56.2 Å². The van der Waals surface area contributed by atoms with Gasteiger partial charge in [0.15, 0.2) is 11.5 Å². The summed E-state index contributed by atoms with van der Waals surface area (Å²) in [5, 5.41) is 6.86. The summed E-state index contributed by atoms with van der Waals surface area (Å²) < 4.78 is 6.70. The van der Waals surface area contributed by atoms with E-state index in [0.717, 1.165) is 0 Å². The average molecular weight is 197 g/mol. The Labute approximate surface area is 83.1 Å². The summed E-state index contributed by atoms with van der Waals surface area (Å²) in [6, 6.07) is 0. The third kappa shape index (κ3) is 1.93. The first-order valence-corrected chi connectivity index (χ1v) is 4.52. The zero-order chi connectivity index (χ0) is 10.6. The molecule has 0 aliphatic rings. The van der Waals surface area contributed by atoms with Gasteiger partial charge in [-0.25, -0.2) is 0 Å². The first-order valence-electron chi connectivity index (χ1n) is 4.52. The summed E-state index contributed by atoms with van der Waals surface area (Å²) in [5.41, 5.74) is 0.532. The zero-order valence-corrected chi connectivity index (χ0v) is 8.70. The molecule has 0 aromatic carbocycles. The van der Waals surface area contributed by atoms with Gasteiger partial charge in [0.05, 0.1) is 19.9 Å². The Balaban J connectivity index is 3.01. The number of nitrogens with zero attached hydrogens (tertiary/aromatic N) is 2. The number of nitrogens with one attached hydrogen (secondary N) is 1. The molecule has 5 heteroatoms. The summed E-state index contributed by atoms with van der Waals surface area (Å²) in [6.07, 6.45) is 1.56. The van der Waals surface area contributed by atoms with Crippen LogP contribution in [-0.2, 0) is 6.54 Å². The molecule has 1 aromatic heterocycles. The molecule has 1 N–H and O–H groups in total. The second-order valence-corrected chi connectivity index (χ2v) is 2.83. The molecule has 1 aromatic rings. The second kappa shape index (κ2) is 4.76. The first-order chi connectivity index (χ1) is 6.74. The van der Waals surface area contributed by atoms with Crippen molar-refractivity contribution in [3.8, 4) is 5.75 Å². The molecule has 78 valence electrons. The summed E-state index contributed by atoms with van der Waals surface area (Å²) in [4.78, 5) is 11.7. The van der Waals surface area contributed by atoms with E-state index in [2.05, 4.69) is 10.4 Å². The van der Waals surface area contributed by atoms with Crippen molar-refractivity contribution in [2.24, 2.45) is 0 Å². The standard InChI is InChI=1S/C9H15N3O2/c1-4-12-9(7(13)5-10-2)8(14-3)6-11-12/h6,10H,4-5H2,1-3H3. The Morgan fingerprint density at radius 1 is 1.71 bits per heavy atom. The van der Waals surface area contributed by atoms with Crippen molar-refractivity contribution in [2.45, 2.75) is 13.5 Å². The molecule has 0 saturated heterocycles. The van der Waals surface area contributed by atoms with Gasteiger partial charge in [-0.3, -0.25) is 9.48 Å². The number of rotatable bonds is 5. The van der Waals surface area contributed by atoms with Crippen molar-refractivity contribution in [2.75, 3.05) is 20.7 Å². The number of ether oxygens (including phenoxy) is 1. The van der Waals surface area contributed by atoms with Crippen LogP contribution in [0.1, 0.15) is 17.4 Å². The lowest BCUT2D eigenvalue weighted by molar-refractivity contribution is 0.0980. The van der Waals surface area contributed by atoms with Gasteiger partial charge >= 0.3 is 0 Å². The molecule has 0 unspecified atom stereocenters. The van der Waals surface area contributed by atoms with E-state index in [1.807, 2.05) is 6.92 Å². The molecule has 0 aliphatic heterocycles. The van der Waals surface area contributed by atoms with Crippen molar-refractivity contribution in [1.82, 2.24) is 15.1 Å². The highest BCUT2D eigenvalue weighted by molar-refractivity contribution is 5.98. The van der Waals surface area contributed by atoms with Gasteiger partial charge in [0.1, 0.15) is 5.69 Å². The van der Waals surface area contributed by atoms with Crippen LogP contribution in [0.15, 0.2) is 6.20 Å². The van der Waals surface area contributed by atoms with Crippen LogP contribution in [0, 0.1) is 0 Å².